The van der Waals surface area contributed by atoms with Crippen LogP contribution >= 0.6 is 0 Å². The first-order valence-corrected chi connectivity index (χ1v) is 7.43. The number of aliphatic hydroxyl groups is 1. The molecule has 1 heterocycles. The van der Waals surface area contributed by atoms with Crippen molar-refractivity contribution in [1.82, 2.24) is 4.90 Å². The molecule has 2 rings (SSSR count). The number of carbonyl (C=O) groups is 1. The Bertz CT molecular complexity index is 474. The minimum absolute atomic E-state index is 0.0132. The zero-order valence-corrected chi connectivity index (χ0v) is 12.4. The van der Waals surface area contributed by atoms with Crippen LogP contribution in [0, 0.1) is 6.92 Å². The van der Waals surface area contributed by atoms with Crippen molar-refractivity contribution in [3.63, 3.8) is 0 Å². The molecule has 1 atom stereocenters. The van der Waals surface area contributed by atoms with Crippen LogP contribution in [0.2, 0.25) is 0 Å². The topological polar surface area (TPSA) is 52.6 Å². The number of carbonyl (C=O) groups excluding carboxylic acids is 1. The molecular weight excluding hydrogens is 252 g/mol. The second kappa shape index (κ2) is 6.75. The van der Waals surface area contributed by atoms with Crippen molar-refractivity contribution in [1.29, 1.82) is 0 Å². The average molecular weight is 276 g/mol. The first-order chi connectivity index (χ1) is 9.67. The first-order valence-electron chi connectivity index (χ1n) is 7.43. The van der Waals surface area contributed by atoms with Crippen molar-refractivity contribution in [2.45, 2.75) is 39.2 Å². The van der Waals surface area contributed by atoms with Gasteiger partial charge in [-0.3, -0.25) is 4.79 Å². The summed E-state index contributed by atoms with van der Waals surface area (Å²) in [5.74, 6) is 0.0340. The number of anilines is 1. The van der Waals surface area contributed by atoms with Crippen molar-refractivity contribution in [2.24, 2.45) is 0 Å². The van der Waals surface area contributed by atoms with E-state index in [9.17, 15) is 9.90 Å². The van der Waals surface area contributed by atoms with Gasteiger partial charge in [-0.25, -0.2) is 0 Å². The summed E-state index contributed by atoms with van der Waals surface area (Å²) in [6.45, 7) is 5.89. The maximum atomic E-state index is 12.5. The van der Waals surface area contributed by atoms with E-state index in [0.717, 1.165) is 43.6 Å². The molecule has 1 aliphatic heterocycles. The molecular formula is C16H24N2O2. The highest BCUT2D eigenvalue weighted by Crippen LogP contribution is 2.22. The van der Waals surface area contributed by atoms with Crippen molar-refractivity contribution >= 4 is 11.6 Å². The summed E-state index contributed by atoms with van der Waals surface area (Å²) in [6, 6.07) is 5.77. The predicted molar refractivity (Wildman–Crippen MR) is 81.1 cm³/mol. The zero-order valence-electron chi connectivity index (χ0n) is 12.4. The van der Waals surface area contributed by atoms with E-state index in [1.807, 2.05) is 25.1 Å². The molecule has 1 aromatic rings. The van der Waals surface area contributed by atoms with Gasteiger partial charge in [-0.15, -0.1) is 0 Å². The van der Waals surface area contributed by atoms with E-state index in [1.165, 1.54) is 0 Å². The van der Waals surface area contributed by atoms with Crippen LogP contribution < -0.4 is 5.32 Å². The van der Waals surface area contributed by atoms with Crippen molar-refractivity contribution in [2.75, 3.05) is 25.0 Å². The summed E-state index contributed by atoms with van der Waals surface area (Å²) in [5, 5.41) is 12.7. The maximum absolute atomic E-state index is 12.5. The molecule has 1 aliphatic rings. The Balaban J connectivity index is 2.12. The number of amides is 1. The van der Waals surface area contributed by atoms with Gasteiger partial charge in [-0.2, -0.15) is 0 Å². The Morgan fingerprint density at radius 2 is 2.30 bits per heavy atom. The third kappa shape index (κ3) is 3.12. The van der Waals surface area contributed by atoms with Crippen LogP contribution in [0.15, 0.2) is 18.2 Å². The minimum Gasteiger partial charge on any atom is -0.394 e. The molecule has 0 radical (unpaired) electrons. The van der Waals surface area contributed by atoms with Crippen molar-refractivity contribution < 1.29 is 9.90 Å². The minimum atomic E-state index is -0.0132. The largest absolute Gasteiger partial charge is 0.394 e. The van der Waals surface area contributed by atoms with Gasteiger partial charge in [0.15, 0.2) is 0 Å². The monoisotopic (exact) mass is 276 g/mol. The number of hydrogen-bond donors (Lipinski definition) is 2. The summed E-state index contributed by atoms with van der Waals surface area (Å²) in [4.78, 5) is 14.3. The third-order valence-electron chi connectivity index (χ3n) is 3.89. The second-order valence-corrected chi connectivity index (χ2v) is 5.43. The van der Waals surface area contributed by atoms with Crippen LogP contribution in [0.4, 0.5) is 5.69 Å². The Hall–Kier alpha value is -1.55. The van der Waals surface area contributed by atoms with Crippen LogP contribution in [0.1, 0.15) is 42.1 Å². The fourth-order valence-electron chi connectivity index (χ4n) is 2.71. The molecule has 0 aliphatic carbocycles. The fourth-order valence-corrected chi connectivity index (χ4v) is 2.71. The van der Waals surface area contributed by atoms with Crippen LogP contribution in [0.3, 0.4) is 0 Å². The number of aliphatic hydroxyl groups excluding tert-OH is 1. The molecule has 4 nitrogen and oxygen atoms in total. The normalized spacial score (nSPS) is 18.4. The van der Waals surface area contributed by atoms with E-state index in [4.69, 9.17) is 0 Å². The standard InChI is InChI=1S/C16H24N2O2/c1-3-8-17-15-7-6-13(10-12(15)2)16(20)18-9-4-5-14(18)11-19/h6-7,10,14,17,19H,3-5,8-9,11H2,1-2H3. The summed E-state index contributed by atoms with van der Waals surface area (Å²) in [7, 11) is 0. The van der Waals surface area contributed by atoms with E-state index in [-0.39, 0.29) is 18.6 Å². The smallest absolute Gasteiger partial charge is 0.254 e. The van der Waals surface area contributed by atoms with Gasteiger partial charge in [0.05, 0.1) is 12.6 Å². The van der Waals surface area contributed by atoms with E-state index in [2.05, 4.69) is 12.2 Å². The molecule has 1 unspecified atom stereocenters. The molecule has 0 saturated carbocycles. The van der Waals surface area contributed by atoms with Crippen LogP contribution in [-0.2, 0) is 0 Å². The molecule has 110 valence electrons. The second-order valence-electron chi connectivity index (χ2n) is 5.43. The molecule has 0 aromatic heterocycles. The molecule has 2 N–H and O–H groups in total. The number of aryl methyl sites for hydroxylation is 1. The number of likely N-dealkylation sites (tertiary alicyclic amines) is 1. The number of nitrogens with zero attached hydrogens (tertiary/aromatic N) is 1. The highest BCUT2D eigenvalue weighted by atomic mass is 16.3. The molecule has 20 heavy (non-hydrogen) atoms. The molecule has 1 amide bonds. The van der Waals surface area contributed by atoms with E-state index in [1.54, 1.807) is 4.90 Å². The lowest BCUT2D eigenvalue weighted by molar-refractivity contribution is 0.0677. The van der Waals surface area contributed by atoms with Gasteiger partial charge >= 0.3 is 0 Å². The maximum Gasteiger partial charge on any atom is 0.254 e. The predicted octanol–water partition coefficient (Wildman–Crippen LogP) is 2.41. The molecule has 1 fully saturated rings. The Morgan fingerprint density at radius 1 is 1.50 bits per heavy atom. The Labute approximate surface area is 120 Å². The van der Waals surface area contributed by atoms with Crippen molar-refractivity contribution in [3.05, 3.63) is 29.3 Å². The van der Waals surface area contributed by atoms with Crippen LogP contribution in [0.5, 0.6) is 0 Å². The molecule has 1 saturated heterocycles. The van der Waals surface area contributed by atoms with Crippen LogP contribution in [-0.4, -0.2) is 41.7 Å². The lowest BCUT2D eigenvalue weighted by atomic mass is 10.1. The van der Waals surface area contributed by atoms with Gasteiger partial charge in [0.1, 0.15) is 0 Å². The summed E-state index contributed by atoms with van der Waals surface area (Å²) >= 11 is 0. The molecule has 0 spiro atoms. The van der Waals surface area contributed by atoms with E-state index < -0.39 is 0 Å². The van der Waals surface area contributed by atoms with Crippen molar-refractivity contribution in [3.8, 4) is 0 Å². The third-order valence-corrected chi connectivity index (χ3v) is 3.89. The zero-order chi connectivity index (χ0) is 14.5. The number of benzene rings is 1. The number of nitrogens with one attached hydrogen (secondary N) is 1. The Morgan fingerprint density at radius 3 is 2.95 bits per heavy atom. The van der Waals surface area contributed by atoms with Gasteiger partial charge in [0.2, 0.25) is 0 Å². The number of rotatable bonds is 5. The van der Waals surface area contributed by atoms with Crippen LogP contribution in [0.25, 0.3) is 0 Å². The Kier molecular flexibility index (Phi) is 5.01. The SMILES string of the molecule is CCCNc1ccc(C(=O)N2CCCC2CO)cc1C. The summed E-state index contributed by atoms with van der Waals surface area (Å²) < 4.78 is 0. The highest BCUT2D eigenvalue weighted by Gasteiger charge is 2.28. The number of hydrogen-bond acceptors (Lipinski definition) is 3. The van der Waals surface area contributed by atoms with Gasteiger partial charge in [-0.1, -0.05) is 6.92 Å². The quantitative estimate of drug-likeness (QED) is 0.868. The van der Waals surface area contributed by atoms with Gasteiger partial charge in [-0.05, 0) is 49.9 Å². The van der Waals surface area contributed by atoms with Gasteiger partial charge in [0, 0.05) is 24.3 Å². The van der Waals surface area contributed by atoms with Gasteiger partial charge < -0.3 is 15.3 Å². The molecule has 0 bridgehead atoms. The molecule has 4 heteroatoms. The fraction of sp³-hybridized carbons (Fsp3) is 0.562. The highest BCUT2D eigenvalue weighted by molar-refractivity contribution is 5.95. The lowest BCUT2D eigenvalue weighted by Crippen LogP contribution is -2.37. The molecule has 1 aromatic carbocycles. The van der Waals surface area contributed by atoms with E-state index >= 15 is 0 Å². The average Bonchev–Trinajstić information content (AvgIpc) is 2.93. The lowest BCUT2D eigenvalue weighted by Gasteiger charge is -2.23. The van der Waals surface area contributed by atoms with Gasteiger partial charge in [0.25, 0.3) is 5.91 Å². The summed E-state index contributed by atoms with van der Waals surface area (Å²) in [6.07, 6.45) is 2.95. The summed E-state index contributed by atoms with van der Waals surface area (Å²) in [5.41, 5.74) is 2.89. The van der Waals surface area contributed by atoms with E-state index in [0.29, 0.717) is 5.56 Å². The first kappa shape index (κ1) is 14.9.